The molecule has 0 bridgehead atoms. The molecule has 6 heteroatoms. The number of rotatable bonds is 3. The lowest BCUT2D eigenvalue weighted by molar-refractivity contribution is 0.683. The molecule has 2 aromatic rings. The fraction of sp³-hybridized carbons (Fsp3) is 0.0769. The summed E-state index contributed by atoms with van der Waals surface area (Å²) in [6.45, 7) is 0. The molecule has 2 nitrogen and oxygen atoms in total. The predicted octanol–water partition coefficient (Wildman–Crippen LogP) is 4.65. The Labute approximate surface area is 132 Å². The number of benzene rings is 2. The Morgan fingerprint density at radius 1 is 1.16 bits per heavy atom. The van der Waals surface area contributed by atoms with Crippen LogP contribution in [-0.2, 0) is 16.6 Å². The molecule has 2 rings (SSSR count). The highest BCUT2D eigenvalue weighted by Crippen LogP contribution is 2.27. The second-order valence-electron chi connectivity index (χ2n) is 3.91. The van der Waals surface area contributed by atoms with Crippen LogP contribution in [0.3, 0.4) is 0 Å². The Balaban J connectivity index is 2.28. The Kier molecular flexibility index (Phi) is 4.90. The lowest BCUT2D eigenvalue weighted by Gasteiger charge is -2.08. The topological polar surface area (TPSA) is 43.1 Å². The summed E-state index contributed by atoms with van der Waals surface area (Å²) in [7, 11) is -1.26. The van der Waals surface area contributed by atoms with E-state index in [0.29, 0.717) is 20.6 Å². The summed E-state index contributed by atoms with van der Waals surface area (Å²) in [6, 6.07) is 10.4. The summed E-state index contributed by atoms with van der Waals surface area (Å²) < 4.78 is 13.2. The molecule has 19 heavy (non-hydrogen) atoms. The van der Waals surface area contributed by atoms with Crippen molar-refractivity contribution in [1.82, 2.24) is 0 Å². The maximum Gasteiger partial charge on any atom is 0.0621 e. The molecule has 2 aromatic carbocycles. The van der Waals surface area contributed by atoms with Crippen molar-refractivity contribution >= 4 is 55.6 Å². The number of hydrogen-bond acceptors (Lipinski definition) is 2. The van der Waals surface area contributed by atoms with Crippen molar-refractivity contribution in [3.05, 3.63) is 56.5 Å². The third-order valence-electron chi connectivity index (χ3n) is 2.51. The molecule has 0 spiro atoms. The first-order valence-electron chi connectivity index (χ1n) is 5.34. The lowest BCUT2D eigenvalue weighted by atomic mass is 10.2. The van der Waals surface area contributed by atoms with E-state index in [4.69, 9.17) is 28.9 Å². The molecule has 0 fully saturated rings. The van der Waals surface area contributed by atoms with E-state index in [1.54, 1.807) is 30.3 Å². The molecule has 0 aliphatic heterocycles. The highest BCUT2D eigenvalue weighted by Gasteiger charge is 2.11. The molecular formula is C13H10BrCl2NOS. The van der Waals surface area contributed by atoms with E-state index in [0.717, 1.165) is 10.0 Å². The molecule has 100 valence electrons. The molecule has 0 aliphatic carbocycles. The molecule has 0 aliphatic rings. The first-order chi connectivity index (χ1) is 8.97. The molecule has 0 heterocycles. The fourth-order valence-corrected chi connectivity index (χ4v) is 3.66. The number of halogens is 3. The lowest BCUT2D eigenvalue weighted by Crippen LogP contribution is -2.01. The predicted molar refractivity (Wildman–Crippen MR) is 85.1 cm³/mol. The van der Waals surface area contributed by atoms with Crippen molar-refractivity contribution in [2.24, 2.45) is 0 Å². The summed E-state index contributed by atoms with van der Waals surface area (Å²) in [5.41, 5.74) is 7.10. The van der Waals surface area contributed by atoms with Crippen LogP contribution in [0.5, 0.6) is 0 Å². The highest BCUT2D eigenvalue weighted by atomic mass is 79.9. The quantitative estimate of drug-likeness (QED) is 0.790. The van der Waals surface area contributed by atoms with E-state index in [2.05, 4.69) is 15.9 Å². The Morgan fingerprint density at radius 2 is 1.89 bits per heavy atom. The molecule has 2 N–H and O–H groups in total. The van der Waals surface area contributed by atoms with Crippen molar-refractivity contribution in [1.29, 1.82) is 0 Å². The SMILES string of the molecule is Nc1cc(Br)ccc1S(=O)Cc1cc(Cl)ccc1Cl. The van der Waals surface area contributed by atoms with E-state index in [1.807, 2.05) is 6.07 Å². The zero-order chi connectivity index (χ0) is 14.0. The van der Waals surface area contributed by atoms with Gasteiger partial charge in [0.15, 0.2) is 0 Å². The van der Waals surface area contributed by atoms with Gasteiger partial charge in [0.25, 0.3) is 0 Å². The summed E-state index contributed by atoms with van der Waals surface area (Å²) in [6.07, 6.45) is 0. The van der Waals surface area contributed by atoms with Crippen LogP contribution in [-0.4, -0.2) is 4.21 Å². The number of anilines is 1. The van der Waals surface area contributed by atoms with Crippen molar-refractivity contribution in [3.8, 4) is 0 Å². The minimum atomic E-state index is -1.26. The Bertz CT molecular complexity index is 649. The highest BCUT2D eigenvalue weighted by molar-refractivity contribution is 9.10. The van der Waals surface area contributed by atoms with Crippen LogP contribution >= 0.6 is 39.1 Å². The van der Waals surface area contributed by atoms with Gasteiger partial charge in [-0.1, -0.05) is 39.1 Å². The maximum absolute atomic E-state index is 12.3. The van der Waals surface area contributed by atoms with Gasteiger partial charge >= 0.3 is 0 Å². The van der Waals surface area contributed by atoms with Crippen LogP contribution < -0.4 is 5.73 Å². The molecule has 1 atom stereocenters. The second kappa shape index (κ2) is 6.27. The zero-order valence-corrected chi connectivity index (χ0v) is 13.6. The van der Waals surface area contributed by atoms with Crippen LogP contribution in [0, 0.1) is 0 Å². The monoisotopic (exact) mass is 377 g/mol. The summed E-state index contributed by atoms with van der Waals surface area (Å²) >= 11 is 15.3. The summed E-state index contributed by atoms with van der Waals surface area (Å²) in [5.74, 6) is 0.283. The van der Waals surface area contributed by atoms with Crippen LogP contribution in [0.2, 0.25) is 10.0 Å². The Hall–Kier alpha value is -0.550. The smallest absolute Gasteiger partial charge is 0.0621 e. The normalized spacial score (nSPS) is 12.4. The van der Waals surface area contributed by atoms with Gasteiger partial charge in [-0.15, -0.1) is 0 Å². The van der Waals surface area contributed by atoms with E-state index < -0.39 is 10.8 Å². The first kappa shape index (κ1) is 14.9. The Morgan fingerprint density at radius 3 is 2.58 bits per heavy atom. The minimum absolute atomic E-state index is 0.283. The van der Waals surface area contributed by atoms with Crippen molar-refractivity contribution in [2.75, 3.05) is 5.73 Å². The largest absolute Gasteiger partial charge is 0.398 e. The first-order valence-corrected chi connectivity index (χ1v) is 8.21. The molecule has 0 radical (unpaired) electrons. The fourth-order valence-electron chi connectivity index (χ4n) is 1.60. The minimum Gasteiger partial charge on any atom is -0.398 e. The molecule has 0 amide bonds. The standard InChI is InChI=1S/C13H10BrCl2NOS/c14-9-1-4-13(12(17)6-9)19(18)7-8-5-10(15)2-3-11(8)16/h1-6H,7,17H2. The van der Waals surface area contributed by atoms with E-state index in [-0.39, 0.29) is 5.75 Å². The van der Waals surface area contributed by atoms with Gasteiger partial charge < -0.3 is 5.73 Å². The molecule has 0 saturated heterocycles. The van der Waals surface area contributed by atoms with E-state index >= 15 is 0 Å². The molecule has 1 unspecified atom stereocenters. The third-order valence-corrected chi connectivity index (χ3v) is 5.04. The van der Waals surface area contributed by atoms with Gasteiger partial charge in [0, 0.05) is 20.2 Å². The zero-order valence-electron chi connectivity index (χ0n) is 9.70. The van der Waals surface area contributed by atoms with Gasteiger partial charge in [0.2, 0.25) is 0 Å². The number of nitrogens with two attached hydrogens (primary N) is 1. The van der Waals surface area contributed by atoms with Crippen molar-refractivity contribution < 1.29 is 4.21 Å². The summed E-state index contributed by atoms with van der Waals surface area (Å²) in [4.78, 5) is 0.597. The molecule has 0 aromatic heterocycles. The van der Waals surface area contributed by atoms with Gasteiger partial charge in [-0.25, -0.2) is 0 Å². The van der Waals surface area contributed by atoms with Gasteiger partial charge in [-0.2, -0.15) is 0 Å². The molecular weight excluding hydrogens is 369 g/mol. The van der Waals surface area contributed by atoms with E-state index in [9.17, 15) is 4.21 Å². The number of nitrogen functional groups attached to an aromatic ring is 1. The van der Waals surface area contributed by atoms with Crippen LogP contribution in [0.1, 0.15) is 5.56 Å². The van der Waals surface area contributed by atoms with Gasteiger partial charge in [0.1, 0.15) is 0 Å². The molecule has 0 saturated carbocycles. The van der Waals surface area contributed by atoms with E-state index in [1.165, 1.54) is 0 Å². The van der Waals surface area contributed by atoms with Gasteiger partial charge in [0.05, 0.1) is 21.4 Å². The maximum atomic E-state index is 12.3. The van der Waals surface area contributed by atoms with Crippen molar-refractivity contribution in [2.45, 2.75) is 10.6 Å². The summed E-state index contributed by atoms with van der Waals surface area (Å²) in [5, 5.41) is 1.12. The van der Waals surface area contributed by atoms with Crippen LogP contribution in [0.4, 0.5) is 5.69 Å². The third kappa shape index (κ3) is 3.72. The van der Waals surface area contributed by atoms with Gasteiger partial charge in [-0.3, -0.25) is 4.21 Å². The second-order valence-corrected chi connectivity index (χ2v) is 7.09. The van der Waals surface area contributed by atoms with Crippen molar-refractivity contribution in [3.63, 3.8) is 0 Å². The van der Waals surface area contributed by atoms with Crippen LogP contribution in [0.25, 0.3) is 0 Å². The van der Waals surface area contributed by atoms with Crippen LogP contribution in [0.15, 0.2) is 45.8 Å². The average molecular weight is 379 g/mol. The average Bonchev–Trinajstić information content (AvgIpc) is 2.33. The number of hydrogen-bond donors (Lipinski definition) is 1. The van der Waals surface area contributed by atoms with Gasteiger partial charge in [-0.05, 0) is 42.0 Å².